The van der Waals surface area contributed by atoms with Gasteiger partial charge in [0, 0.05) is 35.2 Å². The van der Waals surface area contributed by atoms with Crippen LogP contribution in [0.3, 0.4) is 0 Å². The van der Waals surface area contributed by atoms with Crippen LogP contribution in [0.25, 0.3) is 0 Å². The highest BCUT2D eigenvalue weighted by Gasteiger charge is 2.10. The number of pyridine rings is 1. The van der Waals surface area contributed by atoms with Gasteiger partial charge in [0.05, 0.1) is 7.11 Å². The smallest absolute Gasteiger partial charge is 0.274 e. The number of carbonyl (C=O) groups is 2. The standard InChI is InChI=1S/C22H21N3O3/c1-15(26)16-7-5-8-19(12-16)25-22(27)20-13-18(10-11-23-20)24-14-17-6-3-4-9-21(17)28-2/h3-13H,14H2,1-2H3,(H,23,24)(H,25,27). The summed E-state index contributed by atoms with van der Waals surface area (Å²) in [5, 5.41) is 6.05. The first-order chi connectivity index (χ1) is 13.6. The molecule has 142 valence electrons. The third-order valence-corrected chi connectivity index (χ3v) is 4.20. The Balaban J connectivity index is 1.69. The molecule has 2 aromatic carbocycles. The van der Waals surface area contributed by atoms with Crippen molar-refractivity contribution < 1.29 is 14.3 Å². The third kappa shape index (κ3) is 4.73. The molecule has 0 unspecified atom stereocenters. The number of amides is 1. The van der Waals surface area contributed by atoms with Crippen molar-refractivity contribution in [1.82, 2.24) is 4.98 Å². The molecule has 6 heteroatoms. The van der Waals surface area contributed by atoms with Crippen LogP contribution in [-0.2, 0) is 6.54 Å². The maximum atomic E-state index is 12.5. The zero-order valence-electron chi connectivity index (χ0n) is 15.7. The minimum absolute atomic E-state index is 0.0586. The fraction of sp³-hybridized carbons (Fsp3) is 0.136. The second kappa shape index (κ2) is 8.81. The first-order valence-electron chi connectivity index (χ1n) is 8.81. The highest BCUT2D eigenvalue weighted by atomic mass is 16.5. The Morgan fingerprint density at radius 3 is 2.61 bits per heavy atom. The number of hydrogen-bond donors (Lipinski definition) is 2. The van der Waals surface area contributed by atoms with Crippen LogP contribution < -0.4 is 15.4 Å². The Morgan fingerprint density at radius 2 is 1.82 bits per heavy atom. The fourth-order valence-electron chi connectivity index (χ4n) is 2.72. The Morgan fingerprint density at radius 1 is 1.00 bits per heavy atom. The van der Waals surface area contributed by atoms with Gasteiger partial charge < -0.3 is 15.4 Å². The lowest BCUT2D eigenvalue weighted by molar-refractivity contribution is 0.100. The monoisotopic (exact) mass is 375 g/mol. The van der Waals surface area contributed by atoms with E-state index in [-0.39, 0.29) is 17.4 Å². The number of methoxy groups -OCH3 is 1. The number of anilines is 2. The van der Waals surface area contributed by atoms with E-state index in [9.17, 15) is 9.59 Å². The van der Waals surface area contributed by atoms with Crippen molar-refractivity contribution in [3.05, 3.63) is 83.7 Å². The quantitative estimate of drug-likeness (QED) is 0.606. The van der Waals surface area contributed by atoms with E-state index in [0.29, 0.717) is 17.8 Å². The van der Waals surface area contributed by atoms with E-state index < -0.39 is 0 Å². The van der Waals surface area contributed by atoms with Gasteiger partial charge in [0.15, 0.2) is 5.78 Å². The van der Waals surface area contributed by atoms with Crippen LogP contribution in [0.5, 0.6) is 5.75 Å². The molecule has 0 saturated carbocycles. The van der Waals surface area contributed by atoms with Gasteiger partial charge in [-0.25, -0.2) is 0 Å². The summed E-state index contributed by atoms with van der Waals surface area (Å²) in [6.45, 7) is 2.04. The summed E-state index contributed by atoms with van der Waals surface area (Å²) in [5.41, 5.74) is 3.14. The van der Waals surface area contributed by atoms with E-state index >= 15 is 0 Å². The van der Waals surface area contributed by atoms with Crippen molar-refractivity contribution in [2.45, 2.75) is 13.5 Å². The zero-order valence-corrected chi connectivity index (χ0v) is 15.7. The lowest BCUT2D eigenvalue weighted by Crippen LogP contribution is -2.14. The molecular formula is C22H21N3O3. The van der Waals surface area contributed by atoms with Crippen LogP contribution in [0.2, 0.25) is 0 Å². The number of nitrogens with zero attached hydrogens (tertiary/aromatic N) is 1. The van der Waals surface area contributed by atoms with Crippen molar-refractivity contribution in [2.75, 3.05) is 17.7 Å². The number of ether oxygens (including phenoxy) is 1. The first kappa shape index (κ1) is 19.1. The number of carbonyl (C=O) groups excluding carboxylic acids is 2. The highest BCUT2D eigenvalue weighted by molar-refractivity contribution is 6.04. The van der Waals surface area contributed by atoms with E-state index in [1.165, 1.54) is 6.92 Å². The van der Waals surface area contributed by atoms with Crippen molar-refractivity contribution in [2.24, 2.45) is 0 Å². The van der Waals surface area contributed by atoms with Crippen molar-refractivity contribution >= 4 is 23.1 Å². The molecule has 3 aromatic rings. The molecule has 28 heavy (non-hydrogen) atoms. The molecule has 6 nitrogen and oxygen atoms in total. The molecule has 1 heterocycles. The third-order valence-electron chi connectivity index (χ3n) is 4.20. The van der Waals surface area contributed by atoms with E-state index in [1.54, 1.807) is 49.7 Å². The summed E-state index contributed by atoms with van der Waals surface area (Å²) < 4.78 is 5.35. The Kier molecular flexibility index (Phi) is 6.01. The van der Waals surface area contributed by atoms with Gasteiger partial charge in [-0.15, -0.1) is 0 Å². The number of para-hydroxylation sites is 1. The molecule has 0 fully saturated rings. The van der Waals surface area contributed by atoms with E-state index in [2.05, 4.69) is 15.6 Å². The predicted octanol–water partition coefficient (Wildman–Crippen LogP) is 4.16. The van der Waals surface area contributed by atoms with Crippen molar-refractivity contribution in [1.29, 1.82) is 0 Å². The van der Waals surface area contributed by atoms with Crippen LogP contribution in [0, 0.1) is 0 Å². The first-order valence-corrected chi connectivity index (χ1v) is 8.81. The van der Waals surface area contributed by atoms with Crippen LogP contribution in [0.4, 0.5) is 11.4 Å². The molecule has 1 aromatic heterocycles. The minimum atomic E-state index is -0.346. The molecular weight excluding hydrogens is 354 g/mol. The topological polar surface area (TPSA) is 80.3 Å². The second-order valence-electron chi connectivity index (χ2n) is 6.19. The number of rotatable bonds is 7. The predicted molar refractivity (Wildman–Crippen MR) is 109 cm³/mol. The average molecular weight is 375 g/mol. The molecule has 0 aliphatic carbocycles. The van der Waals surface area contributed by atoms with E-state index in [4.69, 9.17) is 4.74 Å². The summed E-state index contributed by atoms with van der Waals surface area (Å²) in [5.74, 6) is 0.394. The summed E-state index contributed by atoms with van der Waals surface area (Å²) in [6, 6.07) is 18.0. The molecule has 0 spiro atoms. The Labute approximate surface area is 163 Å². The van der Waals surface area contributed by atoms with Gasteiger partial charge in [-0.3, -0.25) is 14.6 Å². The SMILES string of the molecule is COc1ccccc1CNc1ccnc(C(=O)Nc2cccc(C(C)=O)c2)c1. The van der Waals surface area contributed by atoms with Crippen LogP contribution in [0.1, 0.15) is 33.3 Å². The normalized spacial score (nSPS) is 10.2. The zero-order chi connectivity index (χ0) is 19.9. The molecule has 0 aliphatic heterocycles. The molecule has 2 N–H and O–H groups in total. The molecule has 0 aliphatic rings. The second-order valence-corrected chi connectivity index (χ2v) is 6.19. The Bertz CT molecular complexity index is 1000. The highest BCUT2D eigenvalue weighted by Crippen LogP contribution is 2.19. The molecule has 0 saturated heterocycles. The average Bonchev–Trinajstić information content (AvgIpc) is 2.72. The van der Waals surface area contributed by atoms with Crippen LogP contribution in [0.15, 0.2) is 66.9 Å². The van der Waals surface area contributed by atoms with Gasteiger partial charge in [-0.1, -0.05) is 30.3 Å². The lowest BCUT2D eigenvalue weighted by Gasteiger charge is -2.11. The number of benzene rings is 2. The fourth-order valence-corrected chi connectivity index (χ4v) is 2.72. The number of aromatic nitrogens is 1. The van der Waals surface area contributed by atoms with Crippen molar-refractivity contribution in [3.63, 3.8) is 0 Å². The minimum Gasteiger partial charge on any atom is -0.496 e. The number of Topliss-reactive ketones (excluding diaryl/α,β-unsaturated/α-hetero) is 1. The van der Waals surface area contributed by atoms with Gasteiger partial charge in [-0.2, -0.15) is 0 Å². The van der Waals surface area contributed by atoms with E-state index in [0.717, 1.165) is 17.0 Å². The molecule has 0 atom stereocenters. The van der Waals surface area contributed by atoms with Gasteiger partial charge in [0.2, 0.25) is 0 Å². The van der Waals surface area contributed by atoms with Crippen LogP contribution >= 0.6 is 0 Å². The number of nitrogens with one attached hydrogen (secondary N) is 2. The summed E-state index contributed by atoms with van der Waals surface area (Å²) in [7, 11) is 1.63. The summed E-state index contributed by atoms with van der Waals surface area (Å²) in [4.78, 5) is 28.1. The van der Waals surface area contributed by atoms with E-state index in [1.807, 2.05) is 24.3 Å². The number of ketones is 1. The molecule has 1 amide bonds. The van der Waals surface area contributed by atoms with Crippen LogP contribution in [-0.4, -0.2) is 23.8 Å². The lowest BCUT2D eigenvalue weighted by atomic mass is 10.1. The number of hydrogen-bond acceptors (Lipinski definition) is 5. The maximum absolute atomic E-state index is 12.5. The van der Waals surface area contributed by atoms with Gasteiger partial charge in [0.1, 0.15) is 11.4 Å². The van der Waals surface area contributed by atoms with Gasteiger partial charge in [-0.05, 0) is 37.3 Å². The van der Waals surface area contributed by atoms with Gasteiger partial charge >= 0.3 is 0 Å². The Hall–Kier alpha value is -3.67. The van der Waals surface area contributed by atoms with Crippen molar-refractivity contribution in [3.8, 4) is 5.75 Å². The molecule has 0 bridgehead atoms. The summed E-state index contributed by atoms with van der Waals surface area (Å²) in [6.07, 6.45) is 1.57. The maximum Gasteiger partial charge on any atom is 0.274 e. The molecule has 0 radical (unpaired) electrons. The largest absolute Gasteiger partial charge is 0.496 e. The summed E-state index contributed by atoms with van der Waals surface area (Å²) >= 11 is 0. The van der Waals surface area contributed by atoms with Gasteiger partial charge in [0.25, 0.3) is 5.91 Å². The molecule has 3 rings (SSSR count).